The summed E-state index contributed by atoms with van der Waals surface area (Å²) in [7, 11) is 0. The maximum Gasteiger partial charge on any atom is 0.266 e. The van der Waals surface area contributed by atoms with E-state index in [1.54, 1.807) is 24.3 Å². The van der Waals surface area contributed by atoms with Crippen molar-refractivity contribution < 1.29 is 13.9 Å². The molecule has 1 amide bonds. The summed E-state index contributed by atoms with van der Waals surface area (Å²) in [6.45, 7) is 4.53. The van der Waals surface area contributed by atoms with Crippen LogP contribution in [0.2, 0.25) is 0 Å². The van der Waals surface area contributed by atoms with E-state index in [0.29, 0.717) is 35.6 Å². The Kier molecular flexibility index (Phi) is 4.90. The van der Waals surface area contributed by atoms with E-state index in [9.17, 15) is 10.1 Å². The van der Waals surface area contributed by atoms with Crippen LogP contribution in [0.1, 0.15) is 37.7 Å². The van der Waals surface area contributed by atoms with Crippen molar-refractivity contribution >= 4 is 17.7 Å². The lowest BCUT2D eigenvalue weighted by Crippen LogP contribution is -2.14. The maximum absolute atomic E-state index is 12.4. The third-order valence-corrected chi connectivity index (χ3v) is 4.21. The number of carbonyl (C=O) groups is 1. The van der Waals surface area contributed by atoms with Crippen LogP contribution in [0.25, 0.3) is 6.08 Å². The lowest BCUT2D eigenvalue weighted by atomic mass is 10.2. The normalized spacial score (nSPS) is 19.2. The number of nitrogens with zero attached hydrogens (tertiary/aromatic N) is 1. The Morgan fingerprint density at radius 1 is 1.40 bits per heavy atom. The predicted molar refractivity (Wildman–Crippen MR) is 95.1 cm³/mol. The number of amides is 1. The summed E-state index contributed by atoms with van der Waals surface area (Å²) in [6, 6.07) is 12.8. The van der Waals surface area contributed by atoms with Crippen molar-refractivity contribution in [2.24, 2.45) is 5.92 Å². The van der Waals surface area contributed by atoms with Crippen LogP contribution in [-0.2, 0) is 4.79 Å². The minimum absolute atomic E-state index is 0.0175. The summed E-state index contributed by atoms with van der Waals surface area (Å²) in [5, 5.41) is 12.0. The van der Waals surface area contributed by atoms with Crippen LogP contribution in [0.4, 0.5) is 5.69 Å². The molecule has 1 aromatic heterocycles. The van der Waals surface area contributed by atoms with Gasteiger partial charge in [-0.05, 0) is 43.5 Å². The molecule has 128 valence electrons. The molecule has 0 radical (unpaired) electrons. The number of hydrogen-bond acceptors (Lipinski definition) is 4. The van der Waals surface area contributed by atoms with Gasteiger partial charge in [0.2, 0.25) is 0 Å². The summed E-state index contributed by atoms with van der Waals surface area (Å²) < 4.78 is 11.2. The first-order valence-corrected chi connectivity index (χ1v) is 8.37. The highest BCUT2D eigenvalue weighted by atomic mass is 16.5. The summed E-state index contributed by atoms with van der Waals surface area (Å²) in [5.41, 5.74) is 0.512. The molecule has 0 aliphatic heterocycles. The molecule has 1 aliphatic carbocycles. The molecule has 0 saturated heterocycles. The van der Waals surface area contributed by atoms with E-state index in [-0.39, 0.29) is 5.57 Å². The molecule has 1 aromatic carbocycles. The number of carbonyl (C=O) groups excluding carboxylic acids is 1. The van der Waals surface area contributed by atoms with Gasteiger partial charge in [-0.25, -0.2) is 0 Å². The topological polar surface area (TPSA) is 75.3 Å². The quantitative estimate of drug-likeness (QED) is 0.628. The SMILES string of the molecule is CCOc1ccccc1NC(=O)/C(C#N)=C/c1ccc([C@H]2C[C@H]2C)o1. The molecule has 25 heavy (non-hydrogen) atoms. The van der Waals surface area contributed by atoms with Gasteiger partial charge in [-0.1, -0.05) is 19.1 Å². The first kappa shape index (κ1) is 16.8. The second-order valence-corrected chi connectivity index (χ2v) is 6.11. The Balaban J connectivity index is 1.75. The van der Waals surface area contributed by atoms with Crippen LogP contribution >= 0.6 is 0 Å². The monoisotopic (exact) mass is 336 g/mol. The molecule has 1 saturated carbocycles. The second kappa shape index (κ2) is 7.27. The number of nitrogens with one attached hydrogen (secondary N) is 1. The Morgan fingerprint density at radius 2 is 2.16 bits per heavy atom. The Morgan fingerprint density at radius 3 is 2.84 bits per heavy atom. The van der Waals surface area contributed by atoms with Crippen LogP contribution in [0, 0.1) is 17.2 Å². The van der Waals surface area contributed by atoms with Crippen LogP contribution in [0.15, 0.2) is 46.4 Å². The van der Waals surface area contributed by atoms with Gasteiger partial charge < -0.3 is 14.5 Å². The third kappa shape index (κ3) is 3.92. The molecule has 0 spiro atoms. The van der Waals surface area contributed by atoms with Crippen molar-refractivity contribution in [3.8, 4) is 11.8 Å². The Labute approximate surface area is 146 Å². The molecule has 1 heterocycles. The molecule has 5 heteroatoms. The highest BCUT2D eigenvalue weighted by Gasteiger charge is 2.36. The summed E-state index contributed by atoms with van der Waals surface area (Å²) in [4.78, 5) is 12.4. The summed E-state index contributed by atoms with van der Waals surface area (Å²) >= 11 is 0. The third-order valence-electron chi connectivity index (χ3n) is 4.21. The van der Waals surface area contributed by atoms with Crippen molar-refractivity contribution in [2.75, 3.05) is 11.9 Å². The fraction of sp³-hybridized carbons (Fsp3) is 0.300. The number of benzene rings is 1. The van der Waals surface area contributed by atoms with Crippen molar-refractivity contribution in [2.45, 2.75) is 26.2 Å². The average Bonchev–Trinajstić information content (AvgIpc) is 3.16. The van der Waals surface area contributed by atoms with Gasteiger partial charge in [0.1, 0.15) is 28.9 Å². The summed E-state index contributed by atoms with van der Waals surface area (Å²) in [6.07, 6.45) is 2.59. The number of ether oxygens (including phenoxy) is 1. The molecule has 1 aliphatic rings. The number of rotatable bonds is 6. The zero-order valence-electron chi connectivity index (χ0n) is 14.3. The van der Waals surface area contributed by atoms with Crippen molar-refractivity contribution in [1.82, 2.24) is 0 Å². The van der Waals surface area contributed by atoms with E-state index >= 15 is 0 Å². The van der Waals surface area contributed by atoms with Crippen LogP contribution < -0.4 is 10.1 Å². The molecule has 1 N–H and O–H groups in total. The van der Waals surface area contributed by atoms with Gasteiger partial charge in [-0.15, -0.1) is 0 Å². The predicted octanol–water partition coefficient (Wildman–Crippen LogP) is 4.35. The first-order chi connectivity index (χ1) is 12.1. The Bertz CT molecular complexity index is 845. The highest BCUT2D eigenvalue weighted by molar-refractivity contribution is 6.10. The Hall–Kier alpha value is -3.00. The number of anilines is 1. The largest absolute Gasteiger partial charge is 0.492 e. The number of furan rings is 1. The van der Waals surface area contributed by atoms with Crippen LogP contribution in [0.3, 0.4) is 0 Å². The van der Waals surface area contributed by atoms with Crippen molar-refractivity contribution in [1.29, 1.82) is 5.26 Å². The summed E-state index contributed by atoms with van der Waals surface area (Å²) in [5.74, 6) is 2.60. The zero-order chi connectivity index (χ0) is 17.8. The average molecular weight is 336 g/mol. The van der Waals surface area contributed by atoms with Crippen molar-refractivity contribution in [3.05, 3.63) is 53.5 Å². The minimum Gasteiger partial charge on any atom is -0.492 e. The second-order valence-electron chi connectivity index (χ2n) is 6.11. The van der Waals surface area contributed by atoms with E-state index < -0.39 is 5.91 Å². The van der Waals surface area contributed by atoms with Gasteiger partial charge in [-0.3, -0.25) is 4.79 Å². The lowest BCUT2D eigenvalue weighted by molar-refractivity contribution is -0.112. The highest BCUT2D eigenvalue weighted by Crippen LogP contribution is 2.47. The molecule has 3 rings (SSSR count). The molecular formula is C20H20N2O3. The maximum atomic E-state index is 12.4. The van der Waals surface area contributed by atoms with Gasteiger partial charge in [-0.2, -0.15) is 5.26 Å². The minimum atomic E-state index is -0.493. The van der Waals surface area contributed by atoms with E-state index in [4.69, 9.17) is 9.15 Å². The van der Waals surface area contributed by atoms with E-state index in [0.717, 1.165) is 12.2 Å². The van der Waals surface area contributed by atoms with E-state index in [1.807, 2.05) is 25.1 Å². The molecule has 2 aromatic rings. The van der Waals surface area contributed by atoms with Crippen molar-refractivity contribution in [3.63, 3.8) is 0 Å². The van der Waals surface area contributed by atoms with Crippen LogP contribution in [-0.4, -0.2) is 12.5 Å². The number of hydrogen-bond donors (Lipinski definition) is 1. The van der Waals surface area contributed by atoms with Gasteiger partial charge in [0.05, 0.1) is 12.3 Å². The standard InChI is InChI=1S/C20H20N2O3/c1-3-24-19-7-5-4-6-17(19)22-20(23)14(12-21)11-15-8-9-18(25-15)16-10-13(16)2/h4-9,11,13,16H,3,10H2,1-2H3,(H,22,23)/b14-11+/t13-,16+/m1/s1. The number of nitriles is 1. The van der Waals surface area contributed by atoms with Crippen LogP contribution in [0.5, 0.6) is 5.75 Å². The van der Waals surface area contributed by atoms with Gasteiger partial charge in [0, 0.05) is 12.0 Å². The van der Waals surface area contributed by atoms with Gasteiger partial charge >= 0.3 is 0 Å². The van der Waals surface area contributed by atoms with E-state index in [1.165, 1.54) is 6.08 Å². The number of para-hydroxylation sites is 2. The molecule has 0 unspecified atom stereocenters. The lowest BCUT2D eigenvalue weighted by Gasteiger charge is -2.10. The molecular weight excluding hydrogens is 316 g/mol. The fourth-order valence-corrected chi connectivity index (χ4v) is 2.70. The first-order valence-electron chi connectivity index (χ1n) is 8.37. The smallest absolute Gasteiger partial charge is 0.266 e. The molecule has 5 nitrogen and oxygen atoms in total. The fourth-order valence-electron chi connectivity index (χ4n) is 2.70. The molecule has 2 atom stereocenters. The van der Waals surface area contributed by atoms with E-state index in [2.05, 4.69) is 12.2 Å². The molecule has 0 bridgehead atoms. The van der Waals surface area contributed by atoms with Gasteiger partial charge in [0.25, 0.3) is 5.91 Å². The van der Waals surface area contributed by atoms with Gasteiger partial charge in [0.15, 0.2) is 0 Å². The zero-order valence-corrected chi connectivity index (χ0v) is 14.3. The molecule has 1 fully saturated rings.